The van der Waals surface area contributed by atoms with Gasteiger partial charge < -0.3 is 9.32 Å². The van der Waals surface area contributed by atoms with Gasteiger partial charge in [-0.3, -0.25) is 0 Å². The van der Waals surface area contributed by atoms with Crippen molar-refractivity contribution >= 4 is 71.3 Å². The number of hydrogen-bond acceptors (Lipinski definition) is 2. The van der Waals surface area contributed by atoms with E-state index < -0.39 is 5.41 Å². The van der Waals surface area contributed by atoms with Crippen molar-refractivity contribution in [3.63, 3.8) is 0 Å². The third kappa shape index (κ3) is 3.89. The van der Waals surface area contributed by atoms with Crippen molar-refractivity contribution in [3.05, 3.63) is 222 Å². The van der Waals surface area contributed by atoms with Crippen LogP contribution in [-0.2, 0) is 5.41 Å². The van der Waals surface area contributed by atoms with E-state index in [1.54, 1.807) is 0 Å². The molecule has 0 saturated carbocycles. The van der Waals surface area contributed by atoms with Crippen LogP contribution < -0.4 is 4.90 Å². The zero-order valence-electron chi connectivity index (χ0n) is 30.9. The Kier molecular flexibility index (Phi) is 6.13. The van der Waals surface area contributed by atoms with E-state index in [4.69, 9.17) is 4.42 Å². The van der Waals surface area contributed by atoms with Crippen molar-refractivity contribution in [1.82, 2.24) is 0 Å². The fourth-order valence-corrected chi connectivity index (χ4v) is 10.8. The summed E-state index contributed by atoms with van der Waals surface area (Å²) in [5, 5.41) is 9.81. The molecule has 0 bridgehead atoms. The number of anilines is 3. The fraction of sp³-hybridized carbons (Fsp3) is 0.0182. The molecule has 10 aromatic carbocycles. The van der Waals surface area contributed by atoms with Gasteiger partial charge in [-0.25, -0.2) is 0 Å². The van der Waals surface area contributed by atoms with Gasteiger partial charge in [0.1, 0.15) is 11.2 Å². The molecule has 0 amide bonds. The second kappa shape index (κ2) is 11.3. The first-order chi connectivity index (χ1) is 28.3. The molecule has 11 aromatic rings. The Balaban J connectivity index is 1.26. The molecule has 0 saturated heterocycles. The Morgan fingerprint density at radius 3 is 1.60 bits per heavy atom. The van der Waals surface area contributed by atoms with E-state index >= 15 is 0 Å². The van der Waals surface area contributed by atoms with Crippen LogP contribution in [0.15, 0.2) is 205 Å². The second-order valence-electron chi connectivity index (χ2n) is 15.5. The van der Waals surface area contributed by atoms with Crippen LogP contribution in [0, 0.1) is 0 Å². The molecule has 2 heteroatoms. The van der Waals surface area contributed by atoms with Crippen LogP contribution in [0.1, 0.15) is 22.3 Å². The largest absolute Gasteiger partial charge is 0.456 e. The van der Waals surface area contributed by atoms with Crippen molar-refractivity contribution in [3.8, 4) is 22.3 Å². The average Bonchev–Trinajstić information content (AvgIpc) is 3.92. The Morgan fingerprint density at radius 2 is 0.877 bits per heavy atom. The van der Waals surface area contributed by atoms with Gasteiger partial charge in [-0.2, -0.15) is 0 Å². The number of benzene rings is 10. The van der Waals surface area contributed by atoms with E-state index in [0.717, 1.165) is 39.0 Å². The van der Waals surface area contributed by atoms with Crippen LogP contribution in [0.25, 0.3) is 76.5 Å². The van der Waals surface area contributed by atoms with Crippen molar-refractivity contribution < 1.29 is 4.42 Å². The van der Waals surface area contributed by atoms with Crippen LogP contribution in [0.5, 0.6) is 0 Å². The molecule has 0 fully saturated rings. The maximum absolute atomic E-state index is 6.52. The van der Waals surface area contributed by atoms with E-state index in [0.29, 0.717) is 0 Å². The molecule has 57 heavy (non-hydrogen) atoms. The zero-order chi connectivity index (χ0) is 37.2. The lowest BCUT2D eigenvalue weighted by Gasteiger charge is -2.33. The number of para-hydroxylation sites is 2. The third-order valence-corrected chi connectivity index (χ3v) is 12.8. The lowest BCUT2D eigenvalue weighted by atomic mass is 9.68. The predicted molar refractivity (Wildman–Crippen MR) is 237 cm³/mol. The molecule has 13 rings (SSSR count). The number of hydrogen-bond donors (Lipinski definition) is 0. The summed E-state index contributed by atoms with van der Waals surface area (Å²) in [5.41, 5.74) is 15.2. The lowest BCUT2D eigenvalue weighted by molar-refractivity contribution is 0.669. The van der Waals surface area contributed by atoms with Gasteiger partial charge >= 0.3 is 0 Å². The Hall–Kier alpha value is -7.42. The highest BCUT2D eigenvalue weighted by molar-refractivity contribution is 6.23. The smallest absolute Gasteiger partial charge is 0.137 e. The van der Waals surface area contributed by atoms with Crippen molar-refractivity contribution in [2.75, 3.05) is 4.90 Å². The molecule has 0 unspecified atom stereocenters. The number of nitrogens with zero attached hydrogens (tertiary/aromatic N) is 1. The molecule has 1 heterocycles. The summed E-state index contributed by atoms with van der Waals surface area (Å²) in [7, 11) is 0. The SMILES string of the molecule is c1ccc(N(c2cc3c(c4ccccc24)C2(c4ccccc4-c4ccccc42)c2c-3c3ccccc3c3ccccc23)c2cccc3oc4ccccc4c23)cc1. The summed E-state index contributed by atoms with van der Waals surface area (Å²) in [6.07, 6.45) is 0. The minimum atomic E-state index is -0.544. The summed E-state index contributed by atoms with van der Waals surface area (Å²) in [5.74, 6) is 0. The molecule has 1 spiro atoms. The number of rotatable bonds is 3. The van der Waals surface area contributed by atoms with Gasteiger partial charge in [0.05, 0.1) is 22.2 Å². The minimum absolute atomic E-state index is 0.544. The van der Waals surface area contributed by atoms with Gasteiger partial charge in [0, 0.05) is 16.5 Å². The van der Waals surface area contributed by atoms with E-state index in [1.807, 2.05) is 6.07 Å². The second-order valence-corrected chi connectivity index (χ2v) is 15.5. The van der Waals surface area contributed by atoms with Gasteiger partial charge in [0.2, 0.25) is 0 Å². The molecule has 0 N–H and O–H groups in total. The molecule has 2 aliphatic rings. The molecule has 0 radical (unpaired) electrons. The van der Waals surface area contributed by atoms with E-state index in [9.17, 15) is 0 Å². The van der Waals surface area contributed by atoms with Gasteiger partial charge in [-0.1, -0.05) is 164 Å². The van der Waals surface area contributed by atoms with E-state index in [2.05, 4.69) is 199 Å². The van der Waals surface area contributed by atoms with Crippen LogP contribution >= 0.6 is 0 Å². The van der Waals surface area contributed by atoms with Gasteiger partial charge in [-0.15, -0.1) is 0 Å². The van der Waals surface area contributed by atoms with E-state index in [1.165, 1.54) is 76.8 Å². The number of furan rings is 1. The van der Waals surface area contributed by atoms with Crippen LogP contribution in [0.2, 0.25) is 0 Å². The standard InChI is InChI=1S/C55H33NO/c1-2-17-34(18-3-1)56(47-30-16-32-50-52(47)43-27-12-15-31-49(43)57-50)48-33-44-51-40-24-7-4-19-35(40)36-20-5-8-25-41(36)54(51)55(53(44)42-26-9-6-23-39(42)48)45-28-13-10-21-37(45)38-22-11-14-29-46(38)55/h1-33H. The molecule has 264 valence electrons. The molecule has 2 aliphatic carbocycles. The zero-order valence-corrected chi connectivity index (χ0v) is 30.9. The first-order valence-corrected chi connectivity index (χ1v) is 19.8. The molecular formula is C55H33NO. The van der Waals surface area contributed by atoms with Crippen molar-refractivity contribution in [2.45, 2.75) is 5.41 Å². The lowest BCUT2D eigenvalue weighted by Crippen LogP contribution is -2.26. The monoisotopic (exact) mass is 723 g/mol. The quantitative estimate of drug-likeness (QED) is 0.169. The van der Waals surface area contributed by atoms with Crippen LogP contribution in [0.3, 0.4) is 0 Å². The third-order valence-electron chi connectivity index (χ3n) is 12.8. The summed E-state index contributed by atoms with van der Waals surface area (Å²) < 4.78 is 6.52. The molecule has 0 aliphatic heterocycles. The summed E-state index contributed by atoms with van der Waals surface area (Å²) >= 11 is 0. The Morgan fingerprint density at radius 1 is 0.351 bits per heavy atom. The van der Waals surface area contributed by atoms with Crippen molar-refractivity contribution in [2.24, 2.45) is 0 Å². The molecular weight excluding hydrogens is 691 g/mol. The minimum Gasteiger partial charge on any atom is -0.456 e. The van der Waals surface area contributed by atoms with Gasteiger partial charge in [0.25, 0.3) is 0 Å². The van der Waals surface area contributed by atoms with Gasteiger partial charge in [-0.05, 0) is 108 Å². The average molecular weight is 724 g/mol. The summed E-state index contributed by atoms with van der Waals surface area (Å²) in [6, 6.07) is 73.8. The highest BCUT2D eigenvalue weighted by atomic mass is 16.3. The van der Waals surface area contributed by atoms with E-state index in [-0.39, 0.29) is 0 Å². The summed E-state index contributed by atoms with van der Waals surface area (Å²) in [4.78, 5) is 2.47. The maximum atomic E-state index is 6.52. The Labute approximate surface area is 329 Å². The molecule has 0 atom stereocenters. The highest BCUT2D eigenvalue weighted by Crippen LogP contribution is 2.67. The first-order valence-electron chi connectivity index (χ1n) is 19.8. The Bertz CT molecular complexity index is 3440. The first kappa shape index (κ1) is 30.9. The van der Waals surface area contributed by atoms with Crippen molar-refractivity contribution in [1.29, 1.82) is 0 Å². The predicted octanol–water partition coefficient (Wildman–Crippen LogP) is 14.9. The molecule has 1 aromatic heterocycles. The van der Waals surface area contributed by atoms with Crippen LogP contribution in [-0.4, -0.2) is 0 Å². The summed E-state index contributed by atoms with van der Waals surface area (Å²) in [6.45, 7) is 0. The fourth-order valence-electron chi connectivity index (χ4n) is 10.8. The number of fused-ring (bicyclic) bond motifs is 20. The maximum Gasteiger partial charge on any atom is 0.137 e. The normalized spacial score (nSPS) is 13.4. The van der Waals surface area contributed by atoms with Gasteiger partial charge in [0.15, 0.2) is 0 Å². The topological polar surface area (TPSA) is 16.4 Å². The highest BCUT2D eigenvalue weighted by Gasteiger charge is 2.54. The van der Waals surface area contributed by atoms with Crippen LogP contribution in [0.4, 0.5) is 17.1 Å². The molecule has 2 nitrogen and oxygen atoms in total.